The van der Waals surface area contributed by atoms with Gasteiger partial charge < -0.3 is 9.64 Å². The molecule has 2 heteroatoms. The Kier molecular flexibility index (Phi) is 5.49. The van der Waals surface area contributed by atoms with Gasteiger partial charge in [0.05, 0.1) is 6.61 Å². The van der Waals surface area contributed by atoms with Gasteiger partial charge in [-0.15, -0.1) is 0 Å². The molecule has 0 fully saturated rings. The number of ether oxygens (including phenoxy) is 1. The zero-order chi connectivity index (χ0) is 12.8. The fourth-order valence-corrected chi connectivity index (χ4v) is 1.76. The maximum Gasteiger partial charge on any atom is 0.122 e. The molecule has 2 nitrogen and oxygen atoms in total. The first-order valence-electron chi connectivity index (χ1n) is 6.38. The zero-order valence-electron chi connectivity index (χ0n) is 11.8. The molecule has 1 aromatic carbocycles. The number of nitrogens with zero attached hydrogens (tertiary/aromatic N) is 1. The van der Waals surface area contributed by atoms with Crippen LogP contribution in [-0.4, -0.2) is 32.1 Å². The molecule has 17 heavy (non-hydrogen) atoms. The van der Waals surface area contributed by atoms with Gasteiger partial charge in [0.2, 0.25) is 0 Å². The van der Waals surface area contributed by atoms with Crippen molar-refractivity contribution in [2.45, 2.75) is 33.1 Å². The van der Waals surface area contributed by atoms with Gasteiger partial charge in [-0.1, -0.05) is 26.0 Å². The quantitative estimate of drug-likeness (QED) is 0.700. The molecule has 1 rings (SSSR count). The fraction of sp³-hybridized carbons (Fsp3) is 0.600. The summed E-state index contributed by atoms with van der Waals surface area (Å²) in [7, 11) is 4.17. The molecular formula is C15H25NO. The summed E-state index contributed by atoms with van der Waals surface area (Å²) in [4.78, 5) is 2.18. The van der Waals surface area contributed by atoms with Crippen LogP contribution in [0.3, 0.4) is 0 Å². The second-order valence-corrected chi connectivity index (χ2v) is 5.18. The van der Waals surface area contributed by atoms with Crippen LogP contribution in [0.25, 0.3) is 0 Å². The largest absolute Gasteiger partial charge is 0.493 e. The van der Waals surface area contributed by atoms with Crippen LogP contribution in [-0.2, 0) is 0 Å². The van der Waals surface area contributed by atoms with Gasteiger partial charge in [0.25, 0.3) is 0 Å². The average Bonchev–Trinajstić information content (AvgIpc) is 2.25. The highest BCUT2D eigenvalue weighted by molar-refractivity contribution is 5.37. The van der Waals surface area contributed by atoms with E-state index in [1.165, 1.54) is 11.1 Å². The second-order valence-electron chi connectivity index (χ2n) is 5.18. The van der Waals surface area contributed by atoms with Crippen LogP contribution >= 0.6 is 0 Å². The van der Waals surface area contributed by atoms with Crippen molar-refractivity contribution in [2.24, 2.45) is 0 Å². The van der Waals surface area contributed by atoms with Crippen LogP contribution in [0.1, 0.15) is 37.3 Å². The van der Waals surface area contributed by atoms with Crippen LogP contribution in [0.2, 0.25) is 0 Å². The van der Waals surface area contributed by atoms with E-state index in [9.17, 15) is 0 Å². The van der Waals surface area contributed by atoms with Gasteiger partial charge in [0, 0.05) is 6.54 Å². The predicted molar refractivity (Wildman–Crippen MR) is 73.9 cm³/mol. The molecule has 0 aliphatic heterocycles. The molecule has 0 spiro atoms. The van der Waals surface area contributed by atoms with Crippen LogP contribution in [0.4, 0.5) is 0 Å². The van der Waals surface area contributed by atoms with Crippen LogP contribution in [0, 0.1) is 6.92 Å². The lowest BCUT2D eigenvalue weighted by molar-refractivity contribution is 0.280. The molecule has 0 radical (unpaired) electrons. The third-order valence-electron chi connectivity index (χ3n) is 2.87. The molecule has 0 amide bonds. The third kappa shape index (κ3) is 4.78. The summed E-state index contributed by atoms with van der Waals surface area (Å²) < 4.78 is 5.80. The minimum atomic E-state index is 0.580. The average molecular weight is 235 g/mol. The van der Waals surface area contributed by atoms with Gasteiger partial charge in [-0.2, -0.15) is 0 Å². The lowest BCUT2D eigenvalue weighted by Crippen LogP contribution is -2.15. The molecule has 0 saturated heterocycles. The summed E-state index contributed by atoms with van der Waals surface area (Å²) >= 11 is 0. The minimum absolute atomic E-state index is 0.580. The Morgan fingerprint density at radius 1 is 1.24 bits per heavy atom. The molecule has 0 bridgehead atoms. The summed E-state index contributed by atoms with van der Waals surface area (Å²) in [5, 5.41) is 0. The van der Waals surface area contributed by atoms with E-state index in [1.807, 2.05) is 0 Å². The molecule has 0 heterocycles. The number of benzene rings is 1. The number of hydrogen-bond donors (Lipinski definition) is 0. The molecule has 0 atom stereocenters. The highest BCUT2D eigenvalue weighted by Crippen LogP contribution is 2.23. The van der Waals surface area contributed by atoms with Gasteiger partial charge in [0.1, 0.15) is 5.75 Å². The molecule has 96 valence electrons. The second kappa shape index (κ2) is 6.65. The fourth-order valence-electron chi connectivity index (χ4n) is 1.76. The van der Waals surface area contributed by atoms with Crippen molar-refractivity contribution in [1.82, 2.24) is 4.90 Å². The first kappa shape index (κ1) is 14.0. The first-order chi connectivity index (χ1) is 8.00. The molecular weight excluding hydrogens is 210 g/mol. The maximum atomic E-state index is 5.80. The topological polar surface area (TPSA) is 12.5 Å². The Morgan fingerprint density at radius 3 is 2.47 bits per heavy atom. The number of hydrogen-bond acceptors (Lipinski definition) is 2. The molecule has 0 saturated carbocycles. The Balaban J connectivity index is 2.49. The molecule has 0 aromatic heterocycles. The van der Waals surface area contributed by atoms with Crippen molar-refractivity contribution in [3.05, 3.63) is 29.3 Å². The predicted octanol–water partition coefficient (Wildman–Crippen LogP) is 3.45. The summed E-state index contributed by atoms with van der Waals surface area (Å²) in [5.74, 6) is 1.60. The van der Waals surface area contributed by atoms with E-state index in [0.29, 0.717) is 5.92 Å². The highest BCUT2D eigenvalue weighted by atomic mass is 16.5. The van der Waals surface area contributed by atoms with Crippen LogP contribution in [0.15, 0.2) is 18.2 Å². The lowest BCUT2D eigenvalue weighted by Gasteiger charge is -2.13. The SMILES string of the molecule is Cc1cc(C(C)C)ccc1OCCCN(C)C. The van der Waals surface area contributed by atoms with Crippen molar-refractivity contribution in [3.63, 3.8) is 0 Å². The summed E-state index contributed by atoms with van der Waals surface area (Å²) in [6, 6.07) is 6.49. The maximum absolute atomic E-state index is 5.80. The van der Waals surface area contributed by atoms with Crippen LogP contribution < -0.4 is 4.74 Å². The van der Waals surface area contributed by atoms with E-state index >= 15 is 0 Å². The van der Waals surface area contributed by atoms with Crippen molar-refractivity contribution in [1.29, 1.82) is 0 Å². The van der Waals surface area contributed by atoms with Gasteiger partial charge in [-0.05, 0) is 50.6 Å². The van der Waals surface area contributed by atoms with Gasteiger partial charge >= 0.3 is 0 Å². The number of aryl methyl sites for hydroxylation is 1. The zero-order valence-corrected chi connectivity index (χ0v) is 11.8. The lowest BCUT2D eigenvalue weighted by atomic mass is 10.0. The standard InChI is InChI=1S/C15H25NO/c1-12(2)14-7-8-15(13(3)11-14)17-10-6-9-16(4)5/h7-8,11-12H,6,9-10H2,1-5H3. The van der Waals surface area contributed by atoms with Crippen molar-refractivity contribution >= 4 is 0 Å². The first-order valence-corrected chi connectivity index (χ1v) is 6.38. The van der Waals surface area contributed by atoms with Crippen molar-refractivity contribution in [2.75, 3.05) is 27.2 Å². The Morgan fingerprint density at radius 2 is 1.94 bits per heavy atom. The smallest absolute Gasteiger partial charge is 0.122 e. The van der Waals surface area contributed by atoms with Gasteiger partial charge in [-0.25, -0.2) is 0 Å². The van der Waals surface area contributed by atoms with E-state index < -0.39 is 0 Å². The van der Waals surface area contributed by atoms with Gasteiger partial charge in [0.15, 0.2) is 0 Å². The summed E-state index contributed by atoms with van der Waals surface area (Å²) in [6.07, 6.45) is 1.07. The summed E-state index contributed by atoms with van der Waals surface area (Å²) in [6.45, 7) is 8.41. The Hall–Kier alpha value is -1.02. The number of rotatable bonds is 6. The van der Waals surface area contributed by atoms with E-state index in [0.717, 1.165) is 25.3 Å². The van der Waals surface area contributed by atoms with E-state index in [4.69, 9.17) is 4.74 Å². The highest BCUT2D eigenvalue weighted by Gasteiger charge is 2.04. The molecule has 0 unspecified atom stereocenters. The van der Waals surface area contributed by atoms with Crippen LogP contribution in [0.5, 0.6) is 5.75 Å². The Bertz CT molecular complexity index is 345. The molecule has 0 aliphatic rings. The van der Waals surface area contributed by atoms with Crippen molar-refractivity contribution in [3.8, 4) is 5.75 Å². The molecule has 0 N–H and O–H groups in total. The normalized spacial score (nSPS) is 11.2. The molecule has 0 aliphatic carbocycles. The third-order valence-corrected chi connectivity index (χ3v) is 2.87. The van der Waals surface area contributed by atoms with Crippen molar-refractivity contribution < 1.29 is 4.74 Å². The van der Waals surface area contributed by atoms with E-state index in [2.05, 4.69) is 58.0 Å². The minimum Gasteiger partial charge on any atom is -0.493 e. The summed E-state index contributed by atoms with van der Waals surface area (Å²) in [5.41, 5.74) is 2.61. The molecule has 1 aromatic rings. The van der Waals surface area contributed by atoms with Gasteiger partial charge in [-0.3, -0.25) is 0 Å². The monoisotopic (exact) mass is 235 g/mol. The Labute approximate surface area is 106 Å². The van der Waals surface area contributed by atoms with E-state index in [-0.39, 0.29) is 0 Å². The van der Waals surface area contributed by atoms with E-state index in [1.54, 1.807) is 0 Å².